The summed E-state index contributed by atoms with van der Waals surface area (Å²) in [5.74, 6) is 2.32. The standard InChI is InChI=1S/C16H24N6O/c1-10(2)13-7-14(22-21-13)19-15-8-17-9-16(20-15)23-12-4-5-18-11(3)6-12/h7-12,18H,4-6H2,1-3H3,(H2,19,20,21,22)/t11-,12+/m0/s1. The lowest BCUT2D eigenvalue weighted by Crippen LogP contribution is -2.40. The lowest BCUT2D eigenvalue weighted by molar-refractivity contribution is 0.138. The van der Waals surface area contributed by atoms with Gasteiger partial charge in [0.15, 0.2) is 11.6 Å². The molecule has 7 heteroatoms. The lowest BCUT2D eigenvalue weighted by atomic mass is 10.0. The van der Waals surface area contributed by atoms with Crippen molar-refractivity contribution in [2.75, 3.05) is 11.9 Å². The van der Waals surface area contributed by atoms with E-state index in [-0.39, 0.29) is 6.10 Å². The Kier molecular flexibility index (Phi) is 4.76. The van der Waals surface area contributed by atoms with Gasteiger partial charge in [-0.05, 0) is 32.2 Å². The van der Waals surface area contributed by atoms with E-state index in [0.29, 0.717) is 23.7 Å². The van der Waals surface area contributed by atoms with Crippen LogP contribution in [0.5, 0.6) is 5.88 Å². The first kappa shape index (κ1) is 15.7. The summed E-state index contributed by atoms with van der Waals surface area (Å²) in [6, 6.07) is 2.45. The molecule has 0 amide bonds. The molecule has 2 aromatic rings. The fraction of sp³-hybridized carbons (Fsp3) is 0.562. The first-order valence-electron chi connectivity index (χ1n) is 8.14. The van der Waals surface area contributed by atoms with E-state index in [1.807, 2.05) is 6.07 Å². The Balaban J connectivity index is 1.64. The van der Waals surface area contributed by atoms with E-state index in [1.165, 1.54) is 0 Å². The molecule has 2 atom stereocenters. The number of nitrogens with one attached hydrogen (secondary N) is 3. The number of piperidine rings is 1. The second kappa shape index (κ2) is 6.95. The summed E-state index contributed by atoms with van der Waals surface area (Å²) >= 11 is 0. The van der Waals surface area contributed by atoms with Crippen LogP contribution >= 0.6 is 0 Å². The molecule has 3 rings (SSSR count). The van der Waals surface area contributed by atoms with Crippen LogP contribution in [-0.4, -0.2) is 38.9 Å². The molecule has 7 nitrogen and oxygen atoms in total. The minimum absolute atomic E-state index is 0.189. The van der Waals surface area contributed by atoms with Crippen molar-refractivity contribution < 1.29 is 4.74 Å². The molecule has 1 aliphatic heterocycles. The van der Waals surface area contributed by atoms with Crippen molar-refractivity contribution in [2.45, 2.75) is 51.7 Å². The SMILES string of the molecule is CC(C)c1cc(Nc2cncc(O[C@@H]3CCN[C@@H](C)C3)n2)n[nH]1. The van der Waals surface area contributed by atoms with Gasteiger partial charge < -0.3 is 15.4 Å². The van der Waals surface area contributed by atoms with E-state index in [9.17, 15) is 0 Å². The number of aromatic nitrogens is 4. The average molecular weight is 316 g/mol. The molecule has 0 bridgehead atoms. The van der Waals surface area contributed by atoms with Crippen LogP contribution in [0.15, 0.2) is 18.5 Å². The van der Waals surface area contributed by atoms with Crippen LogP contribution in [0.1, 0.15) is 45.2 Å². The molecule has 0 unspecified atom stereocenters. The van der Waals surface area contributed by atoms with Crippen molar-refractivity contribution in [1.29, 1.82) is 0 Å². The van der Waals surface area contributed by atoms with Gasteiger partial charge in [-0.2, -0.15) is 10.1 Å². The minimum atomic E-state index is 0.189. The second-order valence-electron chi connectivity index (χ2n) is 6.35. The number of aromatic amines is 1. The Morgan fingerprint density at radius 2 is 2.17 bits per heavy atom. The highest BCUT2D eigenvalue weighted by molar-refractivity contribution is 5.51. The highest BCUT2D eigenvalue weighted by Gasteiger charge is 2.20. The molecule has 1 aliphatic rings. The maximum absolute atomic E-state index is 5.97. The fourth-order valence-electron chi connectivity index (χ4n) is 2.66. The van der Waals surface area contributed by atoms with Crippen LogP contribution in [-0.2, 0) is 0 Å². The Morgan fingerprint density at radius 3 is 2.91 bits per heavy atom. The monoisotopic (exact) mass is 316 g/mol. The molecule has 0 aliphatic carbocycles. The quantitative estimate of drug-likeness (QED) is 0.786. The molecule has 3 N–H and O–H groups in total. The van der Waals surface area contributed by atoms with Crippen LogP contribution in [0, 0.1) is 0 Å². The van der Waals surface area contributed by atoms with Gasteiger partial charge in [0.05, 0.1) is 12.4 Å². The van der Waals surface area contributed by atoms with Gasteiger partial charge in [0.1, 0.15) is 6.10 Å². The largest absolute Gasteiger partial charge is 0.473 e. The van der Waals surface area contributed by atoms with E-state index in [1.54, 1.807) is 12.4 Å². The lowest BCUT2D eigenvalue weighted by Gasteiger charge is -2.28. The summed E-state index contributed by atoms with van der Waals surface area (Å²) in [5, 5.41) is 13.8. The van der Waals surface area contributed by atoms with Gasteiger partial charge in [-0.15, -0.1) is 0 Å². The molecule has 2 aromatic heterocycles. The van der Waals surface area contributed by atoms with Crippen LogP contribution in [0.3, 0.4) is 0 Å². The van der Waals surface area contributed by atoms with Crippen molar-refractivity contribution in [3.63, 3.8) is 0 Å². The number of H-pyrrole nitrogens is 1. The predicted molar refractivity (Wildman–Crippen MR) is 89.1 cm³/mol. The summed E-state index contributed by atoms with van der Waals surface area (Å²) in [7, 11) is 0. The predicted octanol–water partition coefficient (Wildman–Crippen LogP) is 2.59. The fourth-order valence-corrected chi connectivity index (χ4v) is 2.66. The van der Waals surface area contributed by atoms with Crippen LogP contribution in [0.4, 0.5) is 11.6 Å². The minimum Gasteiger partial charge on any atom is -0.473 e. The summed E-state index contributed by atoms with van der Waals surface area (Å²) in [6.45, 7) is 7.38. The normalized spacial score (nSPS) is 21.4. The Labute approximate surface area is 136 Å². The molecular formula is C16H24N6O. The first-order chi connectivity index (χ1) is 11.1. The van der Waals surface area contributed by atoms with Crippen LogP contribution in [0.2, 0.25) is 0 Å². The van der Waals surface area contributed by atoms with Crippen molar-refractivity contribution in [3.05, 3.63) is 24.2 Å². The summed E-state index contributed by atoms with van der Waals surface area (Å²) in [5.41, 5.74) is 1.08. The maximum atomic E-state index is 5.97. The van der Waals surface area contributed by atoms with Gasteiger partial charge in [0, 0.05) is 17.8 Å². The molecule has 0 radical (unpaired) electrons. The zero-order valence-corrected chi connectivity index (χ0v) is 13.8. The molecule has 0 spiro atoms. The third-order valence-electron chi connectivity index (χ3n) is 3.95. The van der Waals surface area contributed by atoms with Crippen molar-refractivity contribution in [3.8, 4) is 5.88 Å². The molecule has 1 fully saturated rings. The highest BCUT2D eigenvalue weighted by atomic mass is 16.5. The number of anilines is 2. The van der Waals surface area contributed by atoms with Gasteiger partial charge >= 0.3 is 0 Å². The Hall–Kier alpha value is -2.15. The molecule has 23 heavy (non-hydrogen) atoms. The molecule has 0 aromatic carbocycles. The number of nitrogens with zero attached hydrogens (tertiary/aromatic N) is 3. The smallest absolute Gasteiger partial charge is 0.234 e. The zero-order valence-electron chi connectivity index (χ0n) is 13.8. The second-order valence-corrected chi connectivity index (χ2v) is 6.35. The van der Waals surface area contributed by atoms with Gasteiger partial charge in [-0.25, -0.2) is 0 Å². The summed E-state index contributed by atoms with van der Waals surface area (Å²) < 4.78 is 5.97. The molecule has 0 saturated carbocycles. The third kappa shape index (κ3) is 4.19. The first-order valence-corrected chi connectivity index (χ1v) is 8.14. The highest BCUT2D eigenvalue weighted by Crippen LogP contribution is 2.20. The van der Waals surface area contributed by atoms with Gasteiger partial charge in [-0.1, -0.05) is 13.8 Å². The number of hydrogen-bond acceptors (Lipinski definition) is 6. The van der Waals surface area contributed by atoms with Crippen LogP contribution < -0.4 is 15.4 Å². The molecule has 124 valence electrons. The number of rotatable bonds is 5. The summed E-state index contributed by atoms with van der Waals surface area (Å²) in [6.07, 6.45) is 5.48. The van der Waals surface area contributed by atoms with Crippen LogP contribution in [0.25, 0.3) is 0 Å². The van der Waals surface area contributed by atoms with Gasteiger partial charge in [0.2, 0.25) is 5.88 Å². The van der Waals surface area contributed by atoms with Crippen molar-refractivity contribution >= 4 is 11.6 Å². The molecular weight excluding hydrogens is 292 g/mol. The average Bonchev–Trinajstić information content (AvgIpc) is 2.96. The van der Waals surface area contributed by atoms with Crippen molar-refractivity contribution in [1.82, 2.24) is 25.5 Å². The van der Waals surface area contributed by atoms with E-state index in [0.717, 1.165) is 30.9 Å². The van der Waals surface area contributed by atoms with Gasteiger partial charge in [0.25, 0.3) is 0 Å². The summed E-state index contributed by atoms with van der Waals surface area (Å²) in [4.78, 5) is 8.67. The van der Waals surface area contributed by atoms with E-state index >= 15 is 0 Å². The van der Waals surface area contributed by atoms with E-state index in [2.05, 4.69) is 51.6 Å². The molecule has 1 saturated heterocycles. The van der Waals surface area contributed by atoms with Gasteiger partial charge in [-0.3, -0.25) is 10.1 Å². The van der Waals surface area contributed by atoms with Crippen molar-refractivity contribution in [2.24, 2.45) is 0 Å². The Morgan fingerprint density at radius 1 is 1.30 bits per heavy atom. The number of hydrogen-bond donors (Lipinski definition) is 3. The molecule has 3 heterocycles. The maximum Gasteiger partial charge on any atom is 0.234 e. The third-order valence-corrected chi connectivity index (χ3v) is 3.95. The number of ether oxygens (including phenoxy) is 1. The van der Waals surface area contributed by atoms with E-state index in [4.69, 9.17) is 4.74 Å². The van der Waals surface area contributed by atoms with E-state index < -0.39 is 0 Å². The zero-order chi connectivity index (χ0) is 16.2. The Bertz CT molecular complexity index is 641. The topological polar surface area (TPSA) is 87.8 Å².